The summed E-state index contributed by atoms with van der Waals surface area (Å²) in [6.07, 6.45) is 7.29. The van der Waals surface area contributed by atoms with Gasteiger partial charge in [0.1, 0.15) is 4.83 Å². The Hall–Kier alpha value is -2.54. The molecule has 5 rings (SSSR count). The maximum atomic E-state index is 13.2. The van der Waals surface area contributed by atoms with Gasteiger partial charge in [0, 0.05) is 22.1 Å². The molecule has 1 unspecified atom stereocenters. The predicted molar refractivity (Wildman–Crippen MR) is 126 cm³/mol. The van der Waals surface area contributed by atoms with Gasteiger partial charge in [-0.25, -0.2) is 4.98 Å². The zero-order valence-corrected chi connectivity index (χ0v) is 18.6. The SMILES string of the molecule is O=c1c2c3c(sc2ncn1Cc1ccccn1)CC(NCCc1ccc(Cl)cc1)CC3. The molecule has 0 aliphatic heterocycles. The largest absolute Gasteiger partial charge is 0.313 e. The molecule has 0 bridgehead atoms. The first-order valence-electron chi connectivity index (χ1n) is 10.5. The molecule has 7 heteroatoms. The van der Waals surface area contributed by atoms with Crippen molar-refractivity contribution in [2.75, 3.05) is 6.54 Å². The smallest absolute Gasteiger partial charge is 0.262 e. The van der Waals surface area contributed by atoms with Crippen molar-refractivity contribution in [1.29, 1.82) is 0 Å². The van der Waals surface area contributed by atoms with Crippen LogP contribution in [0.15, 0.2) is 59.8 Å². The molecule has 4 aromatic rings. The molecule has 0 spiro atoms. The number of halogens is 1. The molecule has 1 aliphatic carbocycles. The summed E-state index contributed by atoms with van der Waals surface area (Å²) in [4.78, 5) is 24.3. The van der Waals surface area contributed by atoms with Crippen LogP contribution in [0.2, 0.25) is 5.02 Å². The minimum atomic E-state index is 0.0438. The van der Waals surface area contributed by atoms with Crippen LogP contribution in [0.1, 0.15) is 28.1 Å². The van der Waals surface area contributed by atoms with E-state index in [1.165, 1.54) is 16.0 Å². The van der Waals surface area contributed by atoms with Gasteiger partial charge in [-0.2, -0.15) is 0 Å². The molecular formula is C24H23ClN4OS. The van der Waals surface area contributed by atoms with E-state index < -0.39 is 0 Å². The lowest BCUT2D eigenvalue weighted by atomic mass is 9.93. The van der Waals surface area contributed by atoms with E-state index in [0.717, 1.165) is 53.2 Å². The Labute approximate surface area is 189 Å². The fourth-order valence-electron chi connectivity index (χ4n) is 4.23. The second kappa shape index (κ2) is 8.91. The van der Waals surface area contributed by atoms with Gasteiger partial charge in [-0.05, 0) is 67.6 Å². The Bertz CT molecular complexity index is 1250. The lowest BCUT2D eigenvalue weighted by Crippen LogP contribution is -2.35. The highest BCUT2D eigenvalue weighted by Gasteiger charge is 2.25. The van der Waals surface area contributed by atoms with Crippen molar-refractivity contribution >= 4 is 33.2 Å². The zero-order chi connectivity index (χ0) is 21.2. The van der Waals surface area contributed by atoms with E-state index in [1.54, 1.807) is 28.4 Å². The normalized spacial score (nSPS) is 15.8. The molecule has 1 N–H and O–H groups in total. The summed E-state index contributed by atoms with van der Waals surface area (Å²) in [5.74, 6) is 0. The number of fused-ring (bicyclic) bond motifs is 3. The number of aryl methyl sites for hydroxylation is 1. The third-order valence-corrected chi connectivity index (χ3v) is 7.27. The first-order chi connectivity index (χ1) is 15.2. The average molecular weight is 451 g/mol. The van der Waals surface area contributed by atoms with Gasteiger partial charge in [-0.1, -0.05) is 29.8 Å². The third kappa shape index (κ3) is 4.42. The summed E-state index contributed by atoms with van der Waals surface area (Å²) in [6.45, 7) is 1.38. The highest BCUT2D eigenvalue weighted by molar-refractivity contribution is 7.18. The molecule has 158 valence electrons. The van der Waals surface area contributed by atoms with Crippen molar-refractivity contribution in [1.82, 2.24) is 19.9 Å². The fraction of sp³-hybridized carbons (Fsp3) is 0.292. The van der Waals surface area contributed by atoms with E-state index in [0.29, 0.717) is 12.6 Å². The third-order valence-electron chi connectivity index (χ3n) is 5.85. The van der Waals surface area contributed by atoms with Crippen molar-refractivity contribution in [3.8, 4) is 0 Å². The van der Waals surface area contributed by atoms with E-state index >= 15 is 0 Å². The fourth-order valence-corrected chi connectivity index (χ4v) is 5.61. The number of pyridine rings is 1. The molecule has 1 aliphatic rings. The quantitative estimate of drug-likeness (QED) is 0.477. The first-order valence-corrected chi connectivity index (χ1v) is 11.7. The van der Waals surface area contributed by atoms with Gasteiger partial charge in [-0.15, -0.1) is 11.3 Å². The Morgan fingerprint density at radius 2 is 2.03 bits per heavy atom. The highest BCUT2D eigenvalue weighted by atomic mass is 35.5. The summed E-state index contributed by atoms with van der Waals surface area (Å²) in [7, 11) is 0. The predicted octanol–water partition coefficient (Wildman–Crippen LogP) is 4.24. The minimum Gasteiger partial charge on any atom is -0.313 e. The van der Waals surface area contributed by atoms with E-state index in [-0.39, 0.29) is 5.56 Å². The maximum Gasteiger partial charge on any atom is 0.262 e. The lowest BCUT2D eigenvalue weighted by molar-refractivity contribution is 0.466. The summed E-state index contributed by atoms with van der Waals surface area (Å²) >= 11 is 7.63. The number of aromatic nitrogens is 3. The van der Waals surface area contributed by atoms with Crippen molar-refractivity contribution in [3.63, 3.8) is 0 Å². The van der Waals surface area contributed by atoms with Gasteiger partial charge in [0.05, 0.1) is 24.0 Å². The van der Waals surface area contributed by atoms with Gasteiger partial charge in [0.2, 0.25) is 0 Å². The molecule has 0 saturated heterocycles. The Balaban J connectivity index is 1.29. The molecule has 5 nitrogen and oxygen atoms in total. The molecule has 3 aromatic heterocycles. The first kappa shape index (κ1) is 20.4. The molecular weight excluding hydrogens is 428 g/mol. The molecule has 1 aromatic carbocycles. The van der Waals surface area contributed by atoms with Crippen LogP contribution in [0, 0.1) is 0 Å². The average Bonchev–Trinajstić information content (AvgIpc) is 3.16. The molecule has 3 heterocycles. The number of nitrogens with one attached hydrogen (secondary N) is 1. The van der Waals surface area contributed by atoms with E-state index in [9.17, 15) is 4.79 Å². The number of thiophene rings is 1. The van der Waals surface area contributed by atoms with Crippen LogP contribution in [0.5, 0.6) is 0 Å². The molecule has 0 saturated carbocycles. The zero-order valence-electron chi connectivity index (χ0n) is 17.1. The second-order valence-corrected chi connectivity index (χ2v) is 9.47. The molecule has 31 heavy (non-hydrogen) atoms. The Morgan fingerprint density at radius 1 is 1.16 bits per heavy atom. The lowest BCUT2D eigenvalue weighted by Gasteiger charge is -2.23. The molecule has 0 radical (unpaired) electrons. The van der Waals surface area contributed by atoms with Crippen LogP contribution in [-0.2, 0) is 25.8 Å². The van der Waals surface area contributed by atoms with Gasteiger partial charge in [0.15, 0.2) is 0 Å². The topological polar surface area (TPSA) is 59.8 Å². The van der Waals surface area contributed by atoms with Gasteiger partial charge in [-0.3, -0.25) is 14.3 Å². The highest BCUT2D eigenvalue weighted by Crippen LogP contribution is 2.33. The Kier molecular flexibility index (Phi) is 5.85. The number of nitrogens with zero attached hydrogens (tertiary/aromatic N) is 3. The number of hydrogen-bond donors (Lipinski definition) is 1. The van der Waals surface area contributed by atoms with Crippen LogP contribution >= 0.6 is 22.9 Å². The van der Waals surface area contributed by atoms with E-state index in [2.05, 4.69) is 27.4 Å². The van der Waals surface area contributed by atoms with Gasteiger partial charge in [0.25, 0.3) is 5.56 Å². The van der Waals surface area contributed by atoms with Crippen LogP contribution < -0.4 is 10.9 Å². The van der Waals surface area contributed by atoms with Crippen molar-refractivity contribution < 1.29 is 0 Å². The van der Waals surface area contributed by atoms with Crippen LogP contribution in [0.25, 0.3) is 10.2 Å². The molecule has 1 atom stereocenters. The maximum absolute atomic E-state index is 13.2. The van der Waals surface area contributed by atoms with Crippen molar-refractivity contribution in [2.24, 2.45) is 0 Å². The van der Waals surface area contributed by atoms with E-state index in [1.807, 2.05) is 30.3 Å². The summed E-state index contributed by atoms with van der Waals surface area (Å²) in [5, 5.41) is 5.27. The second-order valence-electron chi connectivity index (χ2n) is 7.95. The summed E-state index contributed by atoms with van der Waals surface area (Å²) < 4.78 is 1.67. The van der Waals surface area contributed by atoms with E-state index in [4.69, 9.17) is 11.6 Å². The molecule has 0 amide bonds. The van der Waals surface area contributed by atoms with Crippen LogP contribution in [0.3, 0.4) is 0 Å². The summed E-state index contributed by atoms with van der Waals surface area (Å²) in [6, 6.07) is 14.2. The van der Waals surface area contributed by atoms with Gasteiger partial charge < -0.3 is 5.32 Å². The standard InChI is InChI=1S/C24H23ClN4OS/c25-17-6-4-16(5-7-17)10-12-27-18-8-9-20-21(13-18)31-23-22(20)24(30)29(15-28-23)14-19-3-1-2-11-26-19/h1-7,11,15,18,27H,8-10,12-14H2. The van der Waals surface area contributed by atoms with Crippen LogP contribution in [-0.4, -0.2) is 27.1 Å². The van der Waals surface area contributed by atoms with Crippen molar-refractivity contribution in [2.45, 2.75) is 38.3 Å². The van der Waals surface area contributed by atoms with Crippen LogP contribution in [0.4, 0.5) is 0 Å². The molecule has 0 fully saturated rings. The van der Waals surface area contributed by atoms with Crippen molar-refractivity contribution in [3.05, 3.63) is 92.1 Å². The van der Waals surface area contributed by atoms with Gasteiger partial charge >= 0.3 is 0 Å². The number of hydrogen-bond acceptors (Lipinski definition) is 5. The monoisotopic (exact) mass is 450 g/mol. The summed E-state index contributed by atoms with van der Waals surface area (Å²) in [5.41, 5.74) is 3.39. The Morgan fingerprint density at radius 3 is 2.84 bits per heavy atom. The minimum absolute atomic E-state index is 0.0438. The number of rotatable bonds is 6. The number of benzene rings is 1.